The number of ether oxygens (including phenoxy) is 2. The fourth-order valence-corrected chi connectivity index (χ4v) is 0.810. The molecule has 0 aliphatic heterocycles. The van der Waals surface area contributed by atoms with E-state index < -0.39 is 0 Å². The lowest BCUT2D eigenvalue weighted by molar-refractivity contribution is -0.144. The number of carbonyl (C=O) groups is 2. The summed E-state index contributed by atoms with van der Waals surface area (Å²) in [7, 11) is 0. The summed E-state index contributed by atoms with van der Waals surface area (Å²) in [5.41, 5.74) is 0. The molecule has 0 heterocycles. The third-order valence-electron chi connectivity index (χ3n) is 1.56. The molecule has 0 aliphatic carbocycles. The zero-order valence-electron chi connectivity index (χ0n) is 10.9. The molecule has 16 heavy (non-hydrogen) atoms. The molecular weight excluding hydrogens is 208 g/mol. The van der Waals surface area contributed by atoms with Crippen LogP contribution >= 0.6 is 0 Å². The Bertz CT molecular complexity index is 178. The first-order valence-corrected chi connectivity index (χ1v) is 5.87. The van der Waals surface area contributed by atoms with Crippen LogP contribution in [0.5, 0.6) is 0 Å². The molecule has 0 fully saturated rings. The zero-order chi connectivity index (χ0) is 12.8. The maximum atomic E-state index is 10.7. The summed E-state index contributed by atoms with van der Waals surface area (Å²) >= 11 is 0. The van der Waals surface area contributed by atoms with Crippen molar-refractivity contribution in [2.75, 3.05) is 13.2 Å². The van der Waals surface area contributed by atoms with Crippen LogP contribution in [-0.2, 0) is 19.1 Å². The number of hydrogen-bond donors (Lipinski definition) is 0. The van der Waals surface area contributed by atoms with Crippen LogP contribution in [0.4, 0.5) is 0 Å². The average Bonchev–Trinajstić information content (AvgIpc) is 2.19. The Labute approximate surface area is 98.3 Å². The maximum absolute atomic E-state index is 10.7. The van der Waals surface area contributed by atoms with E-state index in [0.29, 0.717) is 19.6 Å². The number of rotatable bonds is 6. The molecule has 0 aromatic rings. The van der Waals surface area contributed by atoms with Crippen LogP contribution in [0.3, 0.4) is 0 Å². The number of carbonyl (C=O) groups excluding carboxylic acids is 2. The van der Waals surface area contributed by atoms with E-state index in [1.54, 1.807) is 6.92 Å². The topological polar surface area (TPSA) is 52.6 Å². The van der Waals surface area contributed by atoms with Gasteiger partial charge in [-0.15, -0.1) is 0 Å². The highest BCUT2D eigenvalue weighted by molar-refractivity contribution is 5.69. The molecule has 0 N–H and O–H groups in total. The molecule has 0 atom stereocenters. The van der Waals surface area contributed by atoms with Gasteiger partial charge in [0.1, 0.15) is 0 Å². The van der Waals surface area contributed by atoms with Gasteiger partial charge in [-0.1, -0.05) is 20.3 Å². The Morgan fingerprint density at radius 2 is 1.62 bits per heavy atom. The molecule has 0 aromatic heterocycles. The number of esters is 2. The molecule has 4 nitrogen and oxygen atoms in total. The van der Waals surface area contributed by atoms with Crippen LogP contribution in [0.2, 0.25) is 0 Å². The van der Waals surface area contributed by atoms with Crippen LogP contribution in [-0.4, -0.2) is 25.2 Å². The molecule has 0 saturated heterocycles. The van der Waals surface area contributed by atoms with E-state index >= 15 is 0 Å². The van der Waals surface area contributed by atoms with Gasteiger partial charge in [0.15, 0.2) is 0 Å². The van der Waals surface area contributed by atoms with Crippen molar-refractivity contribution >= 4 is 11.9 Å². The monoisotopic (exact) mass is 232 g/mol. The van der Waals surface area contributed by atoms with Gasteiger partial charge in [-0.05, 0) is 19.8 Å². The Hall–Kier alpha value is -1.06. The standard InChI is InChI=1S/C8H16O2.C4H8O2/c1-3-5-7-10-8(9)6-4-2;1-3-6-4(2)5/h3-7H2,1-2H3;3H2,1-2H3. The van der Waals surface area contributed by atoms with E-state index in [1.165, 1.54) is 6.92 Å². The first-order valence-electron chi connectivity index (χ1n) is 5.87. The number of hydrogen-bond acceptors (Lipinski definition) is 4. The SMILES string of the molecule is CCCCOC(=O)CCC.CCOC(C)=O. The molecule has 0 aliphatic rings. The average molecular weight is 232 g/mol. The highest BCUT2D eigenvalue weighted by atomic mass is 16.5. The molecule has 0 rings (SSSR count). The second-order valence-corrected chi connectivity index (χ2v) is 3.25. The second-order valence-electron chi connectivity index (χ2n) is 3.25. The minimum absolute atomic E-state index is 0.0593. The fraction of sp³-hybridized carbons (Fsp3) is 0.833. The van der Waals surface area contributed by atoms with E-state index in [2.05, 4.69) is 11.7 Å². The van der Waals surface area contributed by atoms with Crippen molar-refractivity contribution in [2.24, 2.45) is 0 Å². The lowest BCUT2D eigenvalue weighted by Gasteiger charge is -2.00. The molecule has 0 bridgehead atoms. The predicted molar refractivity (Wildman–Crippen MR) is 63.1 cm³/mol. The van der Waals surface area contributed by atoms with E-state index in [9.17, 15) is 9.59 Å². The smallest absolute Gasteiger partial charge is 0.305 e. The van der Waals surface area contributed by atoms with Crippen molar-refractivity contribution in [3.8, 4) is 0 Å². The van der Waals surface area contributed by atoms with Gasteiger partial charge in [0.05, 0.1) is 13.2 Å². The maximum Gasteiger partial charge on any atom is 0.305 e. The van der Waals surface area contributed by atoms with Crippen molar-refractivity contribution in [1.29, 1.82) is 0 Å². The van der Waals surface area contributed by atoms with Gasteiger partial charge in [-0.25, -0.2) is 0 Å². The molecule has 0 aromatic carbocycles. The van der Waals surface area contributed by atoms with Gasteiger partial charge in [0, 0.05) is 13.3 Å². The third-order valence-corrected chi connectivity index (χ3v) is 1.56. The van der Waals surface area contributed by atoms with Crippen molar-refractivity contribution in [3.05, 3.63) is 0 Å². The first-order chi connectivity index (χ1) is 7.58. The number of unbranched alkanes of at least 4 members (excludes halogenated alkanes) is 1. The summed E-state index contributed by atoms with van der Waals surface area (Å²) in [5, 5.41) is 0. The Balaban J connectivity index is 0. The third kappa shape index (κ3) is 18.7. The first kappa shape index (κ1) is 17.3. The van der Waals surface area contributed by atoms with Crippen LogP contribution in [0.15, 0.2) is 0 Å². The Kier molecular flexibility index (Phi) is 15.1. The minimum atomic E-state index is -0.211. The molecule has 0 amide bonds. The summed E-state index contributed by atoms with van der Waals surface area (Å²) in [6.45, 7) is 8.30. The summed E-state index contributed by atoms with van der Waals surface area (Å²) in [5.74, 6) is -0.270. The second kappa shape index (κ2) is 13.9. The quantitative estimate of drug-likeness (QED) is 0.522. The molecule has 96 valence electrons. The van der Waals surface area contributed by atoms with E-state index in [-0.39, 0.29) is 11.9 Å². The van der Waals surface area contributed by atoms with Crippen LogP contribution in [0.25, 0.3) is 0 Å². The molecule has 0 unspecified atom stereocenters. The molecule has 0 radical (unpaired) electrons. The van der Waals surface area contributed by atoms with Crippen LogP contribution in [0, 0.1) is 0 Å². The van der Waals surface area contributed by atoms with Gasteiger partial charge < -0.3 is 9.47 Å². The van der Waals surface area contributed by atoms with Crippen molar-refractivity contribution in [3.63, 3.8) is 0 Å². The van der Waals surface area contributed by atoms with Gasteiger partial charge in [-0.3, -0.25) is 9.59 Å². The normalized spacial score (nSPS) is 8.75. The molecule has 0 spiro atoms. The minimum Gasteiger partial charge on any atom is -0.466 e. The molecular formula is C12H24O4. The molecule has 4 heteroatoms. The van der Waals surface area contributed by atoms with Crippen molar-refractivity contribution < 1.29 is 19.1 Å². The van der Waals surface area contributed by atoms with Crippen LogP contribution < -0.4 is 0 Å². The van der Waals surface area contributed by atoms with E-state index in [1.807, 2.05) is 6.92 Å². The van der Waals surface area contributed by atoms with E-state index in [0.717, 1.165) is 19.3 Å². The van der Waals surface area contributed by atoms with Crippen LogP contribution in [0.1, 0.15) is 53.4 Å². The zero-order valence-corrected chi connectivity index (χ0v) is 10.9. The van der Waals surface area contributed by atoms with Gasteiger partial charge >= 0.3 is 11.9 Å². The molecule has 0 saturated carbocycles. The van der Waals surface area contributed by atoms with Crippen molar-refractivity contribution in [1.82, 2.24) is 0 Å². The van der Waals surface area contributed by atoms with Crippen molar-refractivity contribution in [2.45, 2.75) is 53.4 Å². The summed E-state index contributed by atoms with van der Waals surface area (Å²) < 4.78 is 9.29. The predicted octanol–water partition coefficient (Wildman–Crippen LogP) is 2.70. The van der Waals surface area contributed by atoms with Gasteiger partial charge in [-0.2, -0.15) is 0 Å². The summed E-state index contributed by atoms with van der Waals surface area (Å²) in [6, 6.07) is 0. The Morgan fingerprint density at radius 3 is 1.94 bits per heavy atom. The van der Waals surface area contributed by atoms with Gasteiger partial charge in [0.2, 0.25) is 0 Å². The lowest BCUT2D eigenvalue weighted by Crippen LogP contribution is -2.04. The highest BCUT2D eigenvalue weighted by Crippen LogP contribution is 1.93. The largest absolute Gasteiger partial charge is 0.466 e. The van der Waals surface area contributed by atoms with E-state index in [4.69, 9.17) is 4.74 Å². The summed E-state index contributed by atoms with van der Waals surface area (Å²) in [6.07, 6.45) is 3.50. The summed E-state index contributed by atoms with van der Waals surface area (Å²) in [4.78, 5) is 20.5. The van der Waals surface area contributed by atoms with Gasteiger partial charge in [0.25, 0.3) is 0 Å². The highest BCUT2D eigenvalue weighted by Gasteiger charge is 1.97. The lowest BCUT2D eigenvalue weighted by atomic mass is 10.3. The Morgan fingerprint density at radius 1 is 1.00 bits per heavy atom. The fourth-order valence-electron chi connectivity index (χ4n) is 0.810.